The van der Waals surface area contributed by atoms with Gasteiger partial charge < -0.3 is 40.2 Å². The molecule has 312 valence electrons. The van der Waals surface area contributed by atoms with Crippen molar-refractivity contribution >= 4 is 57.2 Å². The van der Waals surface area contributed by atoms with Crippen LogP contribution in [0.25, 0.3) is 22.3 Å². The monoisotopic (exact) mass is 818 g/mol. The second kappa shape index (κ2) is 16.5. The lowest BCUT2D eigenvalue weighted by Crippen LogP contribution is -2.59. The molecule has 3 fully saturated rings. The minimum absolute atomic E-state index is 0.0192. The Morgan fingerprint density at radius 2 is 1.78 bits per heavy atom. The van der Waals surface area contributed by atoms with E-state index in [2.05, 4.69) is 27.5 Å². The molecule has 0 bridgehead atoms. The highest BCUT2D eigenvalue weighted by Crippen LogP contribution is 2.45. The van der Waals surface area contributed by atoms with Gasteiger partial charge in [0.2, 0.25) is 17.7 Å². The lowest BCUT2D eigenvalue weighted by molar-refractivity contribution is -0.146. The van der Waals surface area contributed by atoms with Gasteiger partial charge in [-0.25, -0.2) is 19.6 Å². The van der Waals surface area contributed by atoms with Crippen LogP contribution < -0.4 is 25.4 Å². The minimum atomic E-state index is -1.53. The number of carboxylic acids is 1. The van der Waals surface area contributed by atoms with E-state index in [0.29, 0.717) is 45.3 Å². The molecule has 0 radical (unpaired) electrons. The number of thiazole rings is 1. The summed E-state index contributed by atoms with van der Waals surface area (Å²) in [5, 5.41) is 21.3. The van der Waals surface area contributed by atoms with Crippen LogP contribution in [0.3, 0.4) is 0 Å². The normalized spacial score (nSPS) is 22.5. The molecule has 2 aromatic heterocycles. The standard InChI is InChI=1S/C42H54N6O9S/c1-9-23-19-42(23,37(52)53)47-35(50)31-17-26(21-48(31)36(51)34(41(5,6)7)46-39(54)57-24-12-10-11-13-24)56-32-18-29(43-28-16-25(55-8)14-15-27(28)32)30-22-58-38(44-30)45-33(49)20-40(2,3)4/h9,14-16,18,22-24,26,31,34H,1,10-13,17,19-21H2,2-8H3,(H,46,54)(H,47,50)(H,52,53)(H,44,45,49)/t23-,26+,31-,34?,42-/m0/s1. The lowest BCUT2D eigenvalue weighted by atomic mass is 9.85. The van der Waals surface area contributed by atoms with Gasteiger partial charge in [0.15, 0.2) is 5.13 Å². The summed E-state index contributed by atoms with van der Waals surface area (Å²) in [5.74, 6) is -2.05. The second-order valence-corrected chi connectivity index (χ2v) is 18.6. The maximum absolute atomic E-state index is 14.6. The lowest BCUT2D eigenvalue weighted by Gasteiger charge is -2.35. The number of methoxy groups -OCH3 is 1. The number of likely N-dealkylation sites (tertiary alicyclic amines) is 1. The Balaban J connectivity index is 1.31. The second-order valence-electron chi connectivity index (χ2n) is 17.8. The summed E-state index contributed by atoms with van der Waals surface area (Å²) in [6.07, 6.45) is 3.73. The summed E-state index contributed by atoms with van der Waals surface area (Å²) in [4.78, 5) is 77.8. The number of amides is 4. The van der Waals surface area contributed by atoms with Gasteiger partial charge in [-0.1, -0.05) is 47.6 Å². The molecule has 2 aliphatic carbocycles. The van der Waals surface area contributed by atoms with E-state index >= 15 is 0 Å². The van der Waals surface area contributed by atoms with E-state index in [-0.39, 0.29) is 36.8 Å². The third-order valence-corrected chi connectivity index (χ3v) is 11.6. The maximum atomic E-state index is 14.6. The van der Waals surface area contributed by atoms with Crippen molar-refractivity contribution in [3.63, 3.8) is 0 Å². The Kier molecular flexibility index (Phi) is 12.1. The molecule has 1 aromatic carbocycles. The summed E-state index contributed by atoms with van der Waals surface area (Å²) in [6, 6.07) is 4.82. The number of rotatable bonds is 13. The predicted molar refractivity (Wildman–Crippen MR) is 219 cm³/mol. The van der Waals surface area contributed by atoms with Gasteiger partial charge in [0.25, 0.3) is 0 Å². The van der Waals surface area contributed by atoms with E-state index in [0.717, 1.165) is 25.7 Å². The molecule has 6 rings (SSSR count). The number of carboxylic acid groups (broad SMARTS) is 1. The number of anilines is 1. The Morgan fingerprint density at radius 3 is 2.40 bits per heavy atom. The molecule has 4 N–H and O–H groups in total. The maximum Gasteiger partial charge on any atom is 0.408 e. The first-order valence-corrected chi connectivity index (χ1v) is 20.5. The number of aromatic nitrogens is 2. The molecule has 3 aromatic rings. The average Bonchev–Trinajstić information content (AvgIpc) is 3.55. The molecule has 3 aliphatic rings. The highest BCUT2D eigenvalue weighted by atomic mass is 32.1. The van der Waals surface area contributed by atoms with E-state index in [4.69, 9.17) is 19.2 Å². The first-order valence-electron chi connectivity index (χ1n) is 19.7. The van der Waals surface area contributed by atoms with Crippen molar-refractivity contribution in [1.29, 1.82) is 0 Å². The number of carbonyl (C=O) groups is 5. The number of hydrogen-bond acceptors (Lipinski definition) is 11. The molecule has 5 atom stereocenters. The number of nitrogens with one attached hydrogen (secondary N) is 3. The average molecular weight is 819 g/mol. The van der Waals surface area contributed by atoms with Gasteiger partial charge in [0.1, 0.15) is 47.0 Å². The molecule has 1 unspecified atom stereocenters. The molecule has 1 saturated heterocycles. The molecule has 3 heterocycles. The van der Waals surface area contributed by atoms with Gasteiger partial charge in [-0.05, 0) is 55.1 Å². The number of nitrogens with zero attached hydrogens (tertiary/aromatic N) is 3. The summed E-state index contributed by atoms with van der Waals surface area (Å²) >= 11 is 1.26. The van der Waals surface area contributed by atoms with Crippen LogP contribution in [0.4, 0.5) is 9.93 Å². The SMILES string of the molecule is C=C[C@H]1C[C@@]1(NC(=O)[C@@H]1C[C@@H](Oc2cc(-c3csc(NC(=O)CC(C)(C)C)n3)nc3cc(OC)ccc23)CN1C(=O)C(NC(=O)OC1CCCC1)C(C)(C)C)C(=O)O. The van der Waals surface area contributed by atoms with Crippen molar-refractivity contribution in [3.05, 3.63) is 42.3 Å². The molecule has 0 spiro atoms. The molecule has 16 heteroatoms. The van der Waals surface area contributed by atoms with E-state index in [1.807, 2.05) is 41.5 Å². The van der Waals surface area contributed by atoms with Crippen LogP contribution in [0, 0.1) is 16.7 Å². The summed E-state index contributed by atoms with van der Waals surface area (Å²) in [7, 11) is 1.55. The number of ether oxygens (including phenoxy) is 3. The van der Waals surface area contributed by atoms with Crippen molar-refractivity contribution < 1.29 is 43.3 Å². The van der Waals surface area contributed by atoms with Crippen LogP contribution in [0.5, 0.6) is 11.5 Å². The zero-order valence-electron chi connectivity index (χ0n) is 34.2. The predicted octanol–water partition coefficient (Wildman–Crippen LogP) is 6.32. The number of carbonyl (C=O) groups excluding carboxylic acids is 4. The van der Waals surface area contributed by atoms with Gasteiger partial charge in [-0.3, -0.25) is 14.4 Å². The van der Waals surface area contributed by atoms with Crippen molar-refractivity contribution in [3.8, 4) is 22.9 Å². The fraction of sp³-hybridized carbons (Fsp3) is 0.548. The van der Waals surface area contributed by atoms with E-state index in [1.165, 1.54) is 22.3 Å². The van der Waals surface area contributed by atoms with E-state index < -0.39 is 58.9 Å². The zero-order valence-corrected chi connectivity index (χ0v) is 35.0. The topological polar surface area (TPSA) is 198 Å². The highest BCUT2D eigenvalue weighted by Gasteiger charge is 2.61. The molecule has 2 saturated carbocycles. The Labute approximate surface area is 342 Å². The smallest absolute Gasteiger partial charge is 0.408 e. The largest absolute Gasteiger partial charge is 0.497 e. The molecular formula is C42H54N6O9S. The fourth-order valence-electron chi connectivity index (χ4n) is 7.62. The third-order valence-electron chi connectivity index (χ3n) is 10.8. The van der Waals surface area contributed by atoms with Crippen molar-refractivity contribution in [2.75, 3.05) is 19.0 Å². The first-order chi connectivity index (χ1) is 27.3. The molecular weight excluding hydrogens is 765 g/mol. The first kappa shape index (κ1) is 42.4. The summed E-state index contributed by atoms with van der Waals surface area (Å²) < 4.78 is 17.8. The molecule has 4 amide bonds. The highest BCUT2D eigenvalue weighted by molar-refractivity contribution is 7.14. The zero-order chi connectivity index (χ0) is 42.2. The minimum Gasteiger partial charge on any atom is -0.497 e. The Morgan fingerprint density at radius 1 is 1.05 bits per heavy atom. The van der Waals surface area contributed by atoms with Gasteiger partial charge in [0, 0.05) is 41.7 Å². The van der Waals surface area contributed by atoms with Gasteiger partial charge in [-0.2, -0.15) is 0 Å². The number of aliphatic carboxylic acids is 1. The van der Waals surface area contributed by atoms with Gasteiger partial charge in [0.05, 0.1) is 24.9 Å². The van der Waals surface area contributed by atoms with E-state index in [9.17, 15) is 29.1 Å². The van der Waals surface area contributed by atoms with Crippen LogP contribution in [0.1, 0.15) is 86.5 Å². The molecule has 58 heavy (non-hydrogen) atoms. The number of pyridine rings is 1. The van der Waals surface area contributed by atoms with Crippen LogP contribution in [0.15, 0.2) is 42.3 Å². The number of hydrogen-bond donors (Lipinski definition) is 4. The van der Waals surface area contributed by atoms with Gasteiger partial charge in [-0.15, -0.1) is 17.9 Å². The van der Waals surface area contributed by atoms with Crippen molar-refractivity contribution in [2.45, 2.75) is 116 Å². The van der Waals surface area contributed by atoms with Crippen molar-refractivity contribution in [1.82, 2.24) is 25.5 Å². The summed E-state index contributed by atoms with van der Waals surface area (Å²) in [5.41, 5.74) is -1.06. The fourth-order valence-corrected chi connectivity index (χ4v) is 8.34. The van der Waals surface area contributed by atoms with Crippen LogP contribution in [-0.4, -0.2) is 93.2 Å². The number of alkyl carbamates (subject to hydrolysis) is 1. The Bertz CT molecular complexity index is 2080. The number of benzene rings is 1. The van der Waals surface area contributed by atoms with Gasteiger partial charge >= 0.3 is 12.1 Å². The van der Waals surface area contributed by atoms with Crippen LogP contribution in [-0.2, 0) is 23.9 Å². The third kappa shape index (κ3) is 9.54. The Hall–Kier alpha value is -5.25. The number of fused-ring (bicyclic) bond motifs is 1. The van der Waals surface area contributed by atoms with E-state index in [1.54, 1.807) is 36.8 Å². The van der Waals surface area contributed by atoms with Crippen LogP contribution >= 0.6 is 11.3 Å². The quantitative estimate of drug-likeness (QED) is 0.141. The molecule has 15 nitrogen and oxygen atoms in total. The van der Waals surface area contributed by atoms with Crippen LogP contribution in [0.2, 0.25) is 0 Å². The summed E-state index contributed by atoms with van der Waals surface area (Å²) in [6.45, 7) is 15.0. The van der Waals surface area contributed by atoms with Crippen molar-refractivity contribution in [2.24, 2.45) is 16.7 Å². The molecule has 1 aliphatic heterocycles.